The molecule has 1 heterocycles. The monoisotopic (exact) mass is 246 g/mol. The minimum Gasteiger partial charge on any atom is -0.321 e. The second kappa shape index (κ2) is 4.92. The molecule has 6 nitrogen and oxygen atoms in total. The summed E-state index contributed by atoms with van der Waals surface area (Å²) >= 11 is 0. The SMILES string of the molecule is CC(C)c1n[nH]c(C(N)CCS(C)(=O)=O)n1. The molecule has 0 aliphatic heterocycles. The molecule has 1 unspecified atom stereocenters. The molecule has 1 aromatic heterocycles. The van der Waals surface area contributed by atoms with Crippen molar-refractivity contribution in [2.24, 2.45) is 5.73 Å². The van der Waals surface area contributed by atoms with Crippen molar-refractivity contribution in [2.45, 2.75) is 32.2 Å². The van der Waals surface area contributed by atoms with E-state index in [2.05, 4.69) is 15.2 Å². The Morgan fingerprint density at radius 2 is 2.06 bits per heavy atom. The summed E-state index contributed by atoms with van der Waals surface area (Å²) in [5.41, 5.74) is 5.82. The van der Waals surface area contributed by atoms with E-state index in [1.54, 1.807) is 0 Å². The van der Waals surface area contributed by atoms with Crippen molar-refractivity contribution < 1.29 is 8.42 Å². The van der Waals surface area contributed by atoms with E-state index in [4.69, 9.17) is 5.73 Å². The molecule has 0 aliphatic carbocycles. The van der Waals surface area contributed by atoms with Crippen molar-refractivity contribution in [3.05, 3.63) is 11.6 Å². The molecular weight excluding hydrogens is 228 g/mol. The van der Waals surface area contributed by atoms with Crippen molar-refractivity contribution in [1.82, 2.24) is 15.2 Å². The highest BCUT2D eigenvalue weighted by molar-refractivity contribution is 7.90. The quantitative estimate of drug-likeness (QED) is 0.781. The average Bonchev–Trinajstić information content (AvgIpc) is 2.61. The fourth-order valence-electron chi connectivity index (χ4n) is 1.19. The molecule has 0 radical (unpaired) electrons. The van der Waals surface area contributed by atoms with Gasteiger partial charge in [0.25, 0.3) is 0 Å². The highest BCUT2D eigenvalue weighted by atomic mass is 32.2. The minimum atomic E-state index is -2.98. The number of H-pyrrole nitrogens is 1. The van der Waals surface area contributed by atoms with Gasteiger partial charge in [0, 0.05) is 12.2 Å². The van der Waals surface area contributed by atoms with Crippen LogP contribution in [0.1, 0.15) is 43.9 Å². The maximum absolute atomic E-state index is 11.0. The second-order valence-corrected chi connectivity index (χ2v) is 6.52. The van der Waals surface area contributed by atoms with Crippen LogP contribution in [-0.4, -0.2) is 35.6 Å². The lowest BCUT2D eigenvalue weighted by molar-refractivity contribution is 0.587. The van der Waals surface area contributed by atoms with Gasteiger partial charge in [0.15, 0.2) is 5.82 Å². The van der Waals surface area contributed by atoms with Gasteiger partial charge < -0.3 is 5.73 Å². The van der Waals surface area contributed by atoms with Crippen LogP contribution in [0.5, 0.6) is 0 Å². The van der Waals surface area contributed by atoms with Crippen molar-refractivity contribution in [3.63, 3.8) is 0 Å². The van der Waals surface area contributed by atoms with E-state index in [0.29, 0.717) is 18.1 Å². The first kappa shape index (κ1) is 13.1. The zero-order valence-electron chi connectivity index (χ0n) is 9.77. The number of hydrogen-bond acceptors (Lipinski definition) is 5. The van der Waals surface area contributed by atoms with E-state index < -0.39 is 15.9 Å². The van der Waals surface area contributed by atoms with E-state index in [1.165, 1.54) is 6.26 Å². The van der Waals surface area contributed by atoms with E-state index in [-0.39, 0.29) is 11.7 Å². The third-order valence-electron chi connectivity index (χ3n) is 2.19. The van der Waals surface area contributed by atoms with Gasteiger partial charge >= 0.3 is 0 Å². The molecule has 0 spiro atoms. The molecule has 0 saturated carbocycles. The lowest BCUT2D eigenvalue weighted by Gasteiger charge is -2.06. The molecule has 1 atom stereocenters. The van der Waals surface area contributed by atoms with E-state index in [9.17, 15) is 8.42 Å². The van der Waals surface area contributed by atoms with Gasteiger partial charge in [-0.3, -0.25) is 5.10 Å². The van der Waals surface area contributed by atoms with Crippen molar-refractivity contribution >= 4 is 9.84 Å². The normalized spacial score (nSPS) is 14.3. The van der Waals surface area contributed by atoms with E-state index >= 15 is 0 Å². The summed E-state index contributed by atoms with van der Waals surface area (Å²) in [5.74, 6) is 1.54. The molecule has 92 valence electrons. The van der Waals surface area contributed by atoms with Crippen LogP contribution in [0.2, 0.25) is 0 Å². The van der Waals surface area contributed by atoms with E-state index in [1.807, 2.05) is 13.8 Å². The fourth-order valence-corrected chi connectivity index (χ4v) is 1.87. The molecule has 16 heavy (non-hydrogen) atoms. The Bertz CT molecular complexity index is 438. The smallest absolute Gasteiger partial charge is 0.153 e. The standard InChI is InChI=1S/C9H18N4O2S/c1-6(2)8-11-9(13-12-8)7(10)4-5-16(3,14)15/h6-7H,4-5,10H2,1-3H3,(H,11,12,13). The Morgan fingerprint density at radius 1 is 1.44 bits per heavy atom. The largest absolute Gasteiger partial charge is 0.321 e. The Kier molecular flexibility index (Phi) is 4.03. The molecule has 0 bridgehead atoms. The predicted molar refractivity (Wildman–Crippen MR) is 61.7 cm³/mol. The minimum absolute atomic E-state index is 0.0614. The Morgan fingerprint density at radius 3 is 2.50 bits per heavy atom. The van der Waals surface area contributed by atoms with Crippen LogP contribution in [0.15, 0.2) is 0 Å². The summed E-state index contributed by atoms with van der Waals surface area (Å²) in [6.07, 6.45) is 1.55. The third kappa shape index (κ3) is 3.90. The van der Waals surface area contributed by atoms with Crippen molar-refractivity contribution in [2.75, 3.05) is 12.0 Å². The molecule has 3 N–H and O–H groups in total. The number of rotatable bonds is 5. The summed E-state index contributed by atoms with van der Waals surface area (Å²) in [5, 5.41) is 6.76. The number of hydrogen-bond donors (Lipinski definition) is 2. The molecule has 0 aliphatic rings. The number of nitrogens with two attached hydrogens (primary N) is 1. The summed E-state index contributed by atoms with van der Waals surface area (Å²) in [7, 11) is -2.98. The Labute approximate surface area is 95.6 Å². The Balaban J connectivity index is 2.63. The number of nitrogens with zero attached hydrogens (tertiary/aromatic N) is 2. The molecular formula is C9H18N4O2S. The topological polar surface area (TPSA) is 102 Å². The predicted octanol–water partition coefficient (Wildman–Crippen LogP) is 0.363. The number of sulfone groups is 1. The molecule has 0 saturated heterocycles. The summed E-state index contributed by atoms with van der Waals surface area (Å²) < 4.78 is 22.0. The maximum Gasteiger partial charge on any atom is 0.153 e. The van der Waals surface area contributed by atoms with Gasteiger partial charge in [-0.15, -0.1) is 0 Å². The van der Waals surface area contributed by atoms with Crippen LogP contribution < -0.4 is 5.73 Å². The molecule has 1 aromatic rings. The highest BCUT2D eigenvalue weighted by Gasteiger charge is 2.15. The maximum atomic E-state index is 11.0. The Hall–Kier alpha value is -0.950. The highest BCUT2D eigenvalue weighted by Crippen LogP contribution is 2.13. The van der Waals surface area contributed by atoms with Gasteiger partial charge in [-0.2, -0.15) is 5.10 Å². The first-order valence-electron chi connectivity index (χ1n) is 5.15. The van der Waals surface area contributed by atoms with E-state index in [0.717, 1.165) is 0 Å². The first-order valence-corrected chi connectivity index (χ1v) is 7.21. The number of aromatic amines is 1. The third-order valence-corrected chi connectivity index (χ3v) is 3.16. The van der Waals surface area contributed by atoms with Crippen LogP contribution in [-0.2, 0) is 9.84 Å². The molecule has 0 aromatic carbocycles. The number of aromatic nitrogens is 3. The zero-order chi connectivity index (χ0) is 12.3. The van der Waals surface area contributed by atoms with Crippen LogP contribution >= 0.6 is 0 Å². The summed E-state index contributed by atoms with van der Waals surface area (Å²) in [6, 6.07) is -0.408. The van der Waals surface area contributed by atoms with Gasteiger partial charge in [0.05, 0.1) is 11.8 Å². The summed E-state index contributed by atoms with van der Waals surface area (Å²) in [4.78, 5) is 4.22. The second-order valence-electron chi connectivity index (χ2n) is 4.26. The lowest BCUT2D eigenvalue weighted by Crippen LogP contribution is -2.17. The van der Waals surface area contributed by atoms with Crippen LogP contribution in [0.4, 0.5) is 0 Å². The summed E-state index contributed by atoms with van der Waals surface area (Å²) in [6.45, 7) is 3.96. The molecule has 7 heteroatoms. The zero-order valence-corrected chi connectivity index (χ0v) is 10.6. The van der Waals surface area contributed by atoms with Crippen molar-refractivity contribution in [1.29, 1.82) is 0 Å². The van der Waals surface area contributed by atoms with Crippen LogP contribution in [0, 0.1) is 0 Å². The van der Waals surface area contributed by atoms with Gasteiger partial charge in [-0.25, -0.2) is 13.4 Å². The molecule has 0 amide bonds. The number of nitrogens with one attached hydrogen (secondary N) is 1. The van der Waals surface area contributed by atoms with Gasteiger partial charge in [-0.1, -0.05) is 13.8 Å². The first-order chi connectivity index (χ1) is 7.29. The van der Waals surface area contributed by atoms with Gasteiger partial charge in [0.2, 0.25) is 0 Å². The van der Waals surface area contributed by atoms with Crippen LogP contribution in [0.25, 0.3) is 0 Å². The average molecular weight is 246 g/mol. The van der Waals surface area contributed by atoms with Gasteiger partial charge in [0.1, 0.15) is 15.7 Å². The van der Waals surface area contributed by atoms with Gasteiger partial charge in [-0.05, 0) is 6.42 Å². The van der Waals surface area contributed by atoms with Crippen molar-refractivity contribution in [3.8, 4) is 0 Å². The fraction of sp³-hybridized carbons (Fsp3) is 0.778. The van der Waals surface area contributed by atoms with Crippen LogP contribution in [0.3, 0.4) is 0 Å². The lowest BCUT2D eigenvalue weighted by atomic mass is 10.2. The molecule has 1 rings (SSSR count). The molecule has 0 fully saturated rings.